The van der Waals surface area contributed by atoms with Gasteiger partial charge in [-0.15, -0.1) is 0 Å². The van der Waals surface area contributed by atoms with Crippen LogP contribution in [0.15, 0.2) is 48.8 Å². The maximum absolute atomic E-state index is 6.51. The van der Waals surface area contributed by atoms with E-state index in [9.17, 15) is 0 Å². The third-order valence-corrected chi connectivity index (χ3v) is 5.11. The van der Waals surface area contributed by atoms with Crippen molar-refractivity contribution in [2.75, 3.05) is 0 Å². The van der Waals surface area contributed by atoms with Crippen LogP contribution < -0.4 is 5.73 Å². The minimum atomic E-state index is 0.276. The highest BCUT2D eigenvalue weighted by Crippen LogP contribution is 2.61. The predicted octanol–water partition coefficient (Wildman–Crippen LogP) is 2.93. The molecule has 20 heavy (non-hydrogen) atoms. The van der Waals surface area contributed by atoms with Crippen LogP contribution >= 0.6 is 0 Å². The molecule has 0 spiro atoms. The monoisotopic (exact) mass is 264 g/mol. The van der Waals surface area contributed by atoms with Gasteiger partial charge < -0.3 is 5.73 Å². The van der Waals surface area contributed by atoms with E-state index >= 15 is 0 Å². The molecule has 4 unspecified atom stereocenters. The molecule has 0 bridgehead atoms. The lowest BCUT2D eigenvalue weighted by Gasteiger charge is -2.13. The van der Waals surface area contributed by atoms with Crippen molar-refractivity contribution in [1.29, 1.82) is 0 Å². The highest BCUT2D eigenvalue weighted by atomic mass is 14.7. The molecule has 2 aliphatic carbocycles. The molecule has 0 aliphatic heterocycles. The predicted molar refractivity (Wildman–Crippen MR) is 80.4 cm³/mol. The molecule has 0 radical (unpaired) electrons. The minimum absolute atomic E-state index is 0.276. The van der Waals surface area contributed by atoms with Gasteiger partial charge in [0.2, 0.25) is 0 Å². The Bertz CT molecular complexity index is 608. The normalized spacial score (nSPS) is 28.4. The molecule has 102 valence electrons. The SMILES string of the molecule is NC(Cc1ccncc1)C1C2CCc3ccccc3C21. The average Bonchev–Trinajstić information content (AvgIpc) is 3.23. The van der Waals surface area contributed by atoms with Crippen LogP contribution in [0.1, 0.15) is 29.0 Å². The van der Waals surface area contributed by atoms with Crippen molar-refractivity contribution in [1.82, 2.24) is 4.98 Å². The zero-order chi connectivity index (χ0) is 13.5. The Morgan fingerprint density at radius 2 is 1.95 bits per heavy atom. The van der Waals surface area contributed by atoms with Crippen LogP contribution in [0, 0.1) is 11.8 Å². The van der Waals surface area contributed by atoms with Crippen molar-refractivity contribution in [3.8, 4) is 0 Å². The quantitative estimate of drug-likeness (QED) is 0.925. The first kappa shape index (κ1) is 12.1. The van der Waals surface area contributed by atoms with Crippen LogP contribution in [0.4, 0.5) is 0 Å². The van der Waals surface area contributed by atoms with Crippen LogP contribution in [0.25, 0.3) is 0 Å². The second kappa shape index (κ2) is 4.71. The highest BCUT2D eigenvalue weighted by Gasteiger charge is 2.55. The number of fused-ring (bicyclic) bond motifs is 3. The van der Waals surface area contributed by atoms with E-state index in [1.54, 1.807) is 11.1 Å². The summed E-state index contributed by atoms with van der Waals surface area (Å²) in [6, 6.07) is 13.4. The van der Waals surface area contributed by atoms with E-state index in [0.717, 1.165) is 18.3 Å². The number of aromatic nitrogens is 1. The van der Waals surface area contributed by atoms with E-state index in [-0.39, 0.29) is 6.04 Å². The summed E-state index contributed by atoms with van der Waals surface area (Å²) in [5.74, 6) is 2.21. The molecule has 2 heteroatoms. The van der Waals surface area contributed by atoms with E-state index in [0.29, 0.717) is 5.92 Å². The number of nitrogens with two attached hydrogens (primary N) is 1. The summed E-state index contributed by atoms with van der Waals surface area (Å²) >= 11 is 0. The molecular weight excluding hydrogens is 244 g/mol. The number of rotatable bonds is 3. The molecule has 1 saturated carbocycles. The van der Waals surface area contributed by atoms with Crippen molar-refractivity contribution in [2.24, 2.45) is 17.6 Å². The van der Waals surface area contributed by atoms with E-state index in [4.69, 9.17) is 5.73 Å². The second-order valence-corrected chi connectivity index (χ2v) is 6.23. The van der Waals surface area contributed by atoms with E-state index in [2.05, 4.69) is 41.4 Å². The highest BCUT2D eigenvalue weighted by molar-refractivity contribution is 5.40. The number of aryl methyl sites for hydroxylation is 1. The van der Waals surface area contributed by atoms with Crippen LogP contribution in [0.3, 0.4) is 0 Å². The fourth-order valence-corrected chi connectivity index (χ4v) is 4.13. The first-order valence-corrected chi connectivity index (χ1v) is 7.57. The zero-order valence-corrected chi connectivity index (χ0v) is 11.6. The topological polar surface area (TPSA) is 38.9 Å². The Morgan fingerprint density at radius 1 is 1.15 bits per heavy atom. The van der Waals surface area contributed by atoms with E-state index < -0.39 is 0 Å². The van der Waals surface area contributed by atoms with Crippen molar-refractivity contribution in [2.45, 2.75) is 31.2 Å². The van der Waals surface area contributed by atoms with Crippen LogP contribution in [0.2, 0.25) is 0 Å². The number of hydrogen-bond acceptors (Lipinski definition) is 2. The van der Waals surface area contributed by atoms with Gasteiger partial charge in [-0.05, 0) is 65.8 Å². The van der Waals surface area contributed by atoms with Gasteiger partial charge in [0.25, 0.3) is 0 Å². The molecule has 0 amide bonds. The minimum Gasteiger partial charge on any atom is -0.327 e. The number of benzene rings is 1. The Labute approximate surface area is 120 Å². The molecular formula is C18H20N2. The average molecular weight is 264 g/mol. The van der Waals surface area contributed by atoms with Gasteiger partial charge >= 0.3 is 0 Å². The van der Waals surface area contributed by atoms with E-state index in [1.807, 2.05) is 12.4 Å². The summed E-state index contributed by atoms with van der Waals surface area (Å²) in [6.07, 6.45) is 7.24. The van der Waals surface area contributed by atoms with Crippen molar-refractivity contribution in [3.63, 3.8) is 0 Å². The van der Waals surface area contributed by atoms with Crippen molar-refractivity contribution < 1.29 is 0 Å². The summed E-state index contributed by atoms with van der Waals surface area (Å²) in [7, 11) is 0. The molecule has 2 aliphatic rings. The third-order valence-electron chi connectivity index (χ3n) is 5.11. The fourth-order valence-electron chi connectivity index (χ4n) is 4.13. The zero-order valence-electron chi connectivity index (χ0n) is 11.6. The van der Waals surface area contributed by atoms with Gasteiger partial charge in [-0.1, -0.05) is 24.3 Å². The van der Waals surface area contributed by atoms with Crippen molar-refractivity contribution >= 4 is 0 Å². The Balaban J connectivity index is 1.52. The third kappa shape index (κ3) is 1.95. The summed E-state index contributed by atoms with van der Waals surface area (Å²) < 4.78 is 0. The fraction of sp³-hybridized carbons (Fsp3) is 0.389. The van der Waals surface area contributed by atoms with Gasteiger partial charge in [0.15, 0.2) is 0 Å². The molecule has 4 atom stereocenters. The molecule has 2 aromatic rings. The Kier molecular flexibility index (Phi) is 2.85. The molecule has 4 rings (SSSR count). The van der Waals surface area contributed by atoms with Crippen molar-refractivity contribution in [3.05, 3.63) is 65.5 Å². The van der Waals surface area contributed by atoms with Gasteiger partial charge in [0.05, 0.1) is 0 Å². The molecule has 1 fully saturated rings. The lowest BCUT2D eigenvalue weighted by molar-refractivity contribution is 0.532. The number of pyridine rings is 1. The smallest absolute Gasteiger partial charge is 0.0270 e. The van der Waals surface area contributed by atoms with Crippen LogP contribution in [-0.4, -0.2) is 11.0 Å². The molecule has 1 heterocycles. The van der Waals surface area contributed by atoms with Gasteiger partial charge in [-0.2, -0.15) is 0 Å². The van der Waals surface area contributed by atoms with Gasteiger partial charge in [-0.3, -0.25) is 4.98 Å². The summed E-state index contributed by atoms with van der Waals surface area (Å²) in [6.45, 7) is 0. The Morgan fingerprint density at radius 3 is 2.80 bits per heavy atom. The van der Waals surface area contributed by atoms with Gasteiger partial charge in [0.1, 0.15) is 0 Å². The first-order valence-electron chi connectivity index (χ1n) is 7.57. The van der Waals surface area contributed by atoms with Gasteiger partial charge in [0, 0.05) is 18.4 Å². The first-order chi connectivity index (χ1) is 9.84. The van der Waals surface area contributed by atoms with Crippen LogP contribution in [-0.2, 0) is 12.8 Å². The lowest BCUT2D eigenvalue weighted by atomic mass is 9.92. The molecule has 1 aromatic heterocycles. The standard InChI is InChI=1S/C18H20N2/c19-16(11-12-7-9-20-10-8-12)18-15-6-5-13-3-1-2-4-14(13)17(15)18/h1-4,7-10,15-18H,5-6,11,19H2. The summed E-state index contributed by atoms with van der Waals surface area (Å²) in [5.41, 5.74) is 10.9. The number of nitrogens with zero attached hydrogens (tertiary/aromatic N) is 1. The molecule has 2 nitrogen and oxygen atoms in total. The summed E-state index contributed by atoms with van der Waals surface area (Å²) in [5, 5.41) is 0. The summed E-state index contributed by atoms with van der Waals surface area (Å²) in [4.78, 5) is 4.07. The molecule has 2 N–H and O–H groups in total. The largest absolute Gasteiger partial charge is 0.327 e. The van der Waals surface area contributed by atoms with Crippen LogP contribution in [0.5, 0.6) is 0 Å². The Hall–Kier alpha value is -1.67. The maximum Gasteiger partial charge on any atom is 0.0270 e. The lowest BCUT2D eigenvalue weighted by Crippen LogP contribution is -2.26. The van der Waals surface area contributed by atoms with Gasteiger partial charge in [-0.25, -0.2) is 0 Å². The maximum atomic E-state index is 6.51. The second-order valence-electron chi connectivity index (χ2n) is 6.23. The molecule has 0 saturated heterocycles. The van der Waals surface area contributed by atoms with E-state index in [1.165, 1.54) is 18.4 Å². The number of hydrogen-bond donors (Lipinski definition) is 1. The molecule has 1 aromatic carbocycles.